The molecule has 0 fully saturated rings. The number of rotatable bonds is 6. The van der Waals surface area contributed by atoms with Gasteiger partial charge in [0.05, 0.1) is 18.1 Å². The molecule has 0 saturated heterocycles. The zero-order chi connectivity index (χ0) is 17.6. The number of hydrogen-bond acceptors (Lipinski definition) is 4. The topological polar surface area (TPSA) is 95.3 Å². The van der Waals surface area contributed by atoms with Gasteiger partial charge < -0.3 is 19.8 Å². The lowest BCUT2D eigenvalue weighted by Gasteiger charge is -2.12. The number of nitrogens with one attached hydrogen (secondary N) is 2. The standard InChI is InChI=1S/C19H18N2O4/c22-14(11-13-5-2-1-3-6-13)12-20-18(23)15-8-9-16(21-19(15)24)17-7-4-10-25-17/h1-10,14,22H,11-12H2,(H,20,23)(H,21,24). The van der Waals surface area contributed by atoms with Gasteiger partial charge in [-0.15, -0.1) is 0 Å². The fraction of sp³-hybridized carbons (Fsp3) is 0.158. The van der Waals surface area contributed by atoms with Gasteiger partial charge in [-0.2, -0.15) is 0 Å². The highest BCUT2D eigenvalue weighted by atomic mass is 16.3. The maximum atomic E-state index is 12.2. The van der Waals surface area contributed by atoms with Gasteiger partial charge in [0.25, 0.3) is 11.5 Å². The molecule has 3 N–H and O–H groups in total. The van der Waals surface area contributed by atoms with Gasteiger partial charge in [0.1, 0.15) is 11.3 Å². The molecule has 1 unspecified atom stereocenters. The second-order valence-corrected chi connectivity index (χ2v) is 5.65. The Bertz CT molecular complexity index is 885. The van der Waals surface area contributed by atoms with Crippen LogP contribution in [0.25, 0.3) is 11.5 Å². The predicted molar refractivity (Wildman–Crippen MR) is 93.3 cm³/mol. The van der Waals surface area contributed by atoms with E-state index >= 15 is 0 Å². The summed E-state index contributed by atoms with van der Waals surface area (Å²) in [5.74, 6) is -0.0123. The number of carbonyl (C=O) groups excluding carboxylic acids is 1. The molecule has 0 bridgehead atoms. The third-order valence-corrected chi connectivity index (χ3v) is 3.75. The van der Waals surface area contributed by atoms with E-state index in [0.717, 1.165) is 5.56 Å². The van der Waals surface area contributed by atoms with Crippen molar-refractivity contribution in [2.75, 3.05) is 6.54 Å². The minimum Gasteiger partial charge on any atom is -0.463 e. The molecular weight excluding hydrogens is 320 g/mol. The Morgan fingerprint density at radius 3 is 2.60 bits per heavy atom. The highest BCUT2D eigenvalue weighted by Crippen LogP contribution is 2.15. The number of H-pyrrole nitrogens is 1. The van der Waals surface area contributed by atoms with Crippen LogP contribution in [0, 0.1) is 0 Å². The molecule has 6 heteroatoms. The smallest absolute Gasteiger partial charge is 0.261 e. The van der Waals surface area contributed by atoms with Gasteiger partial charge in [-0.1, -0.05) is 30.3 Å². The number of aliphatic hydroxyl groups is 1. The Hall–Kier alpha value is -3.12. The average molecular weight is 338 g/mol. The average Bonchev–Trinajstić information content (AvgIpc) is 3.15. The quantitative estimate of drug-likeness (QED) is 0.640. The summed E-state index contributed by atoms with van der Waals surface area (Å²) in [6.45, 7) is 0.0626. The molecule has 2 heterocycles. The van der Waals surface area contributed by atoms with Crippen LogP contribution in [0.3, 0.4) is 0 Å². The Labute approximate surface area is 144 Å². The molecule has 0 saturated carbocycles. The molecule has 1 amide bonds. The van der Waals surface area contributed by atoms with Crippen LogP contribution in [0.15, 0.2) is 70.1 Å². The molecule has 2 aromatic heterocycles. The van der Waals surface area contributed by atoms with Gasteiger partial charge in [0.15, 0.2) is 0 Å². The van der Waals surface area contributed by atoms with Crippen molar-refractivity contribution in [3.63, 3.8) is 0 Å². The molecule has 25 heavy (non-hydrogen) atoms. The first kappa shape index (κ1) is 16.7. The van der Waals surface area contributed by atoms with E-state index in [0.29, 0.717) is 17.9 Å². The summed E-state index contributed by atoms with van der Waals surface area (Å²) in [5, 5.41) is 12.6. The van der Waals surface area contributed by atoms with E-state index in [1.165, 1.54) is 12.3 Å². The molecule has 3 rings (SSSR count). The van der Waals surface area contributed by atoms with E-state index in [4.69, 9.17) is 4.42 Å². The fourth-order valence-electron chi connectivity index (χ4n) is 2.49. The van der Waals surface area contributed by atoms with Crippen molar-refractivity contribution in [2.24, 2.45) is 0 Å². The zero-order valence-electron chi connectivity index (χ0n) is 13.4. The van der Waals surface area contributed by atoms with Crippen molar-refractivity contribution < 1.29 is 14.3 Å². The molecule has 0 aliphatic heterocycles. The number of furan rings is 1. The maximum absolute atomic E-state index is 12.2. The summed E-state index contributed by atoms with van der Waals surface area (Å²) in [7, 11) is 0. The van der Waals surface area contributed by atoms with Crippen LogP contribution in [0.2, 0.25) is 0 Å². The number of aliphatic hydroxyl groups excluding tert-OH is 1. The monoisotopic (exact) mass is 338 g/mol. The molecule has 0 radical (unpaired) electrons. The SMILES string of the molecule is O=C(NCC(O)Cc1ccccc1)c1ccc(-c2ccco2)[nH]c1=O. The third-order valence-electron chi connectivity index (χ3n) is 3.75. The van der Waals surface area contributed by atoms with Gasteiger partial charge in [-0.25, -0.2) is 0 Å². The summed E-state index contributed by atoms with van der Waals surface area (Å²) in [4.78, 5) is 26.9. The Kier molecular flexibility index (Phi) is 5.11. The van der Waals surface area contributed by atoms with Crippen LogP contribution in [0.1, 0.15) is 15.9 Å². The minimum atomic E-state index is -0.729. The maximum Gasteiger partial charge on any atom is 0.261 e. The van der Waals surface area contributed by atoms with Crippen molar-refractivity contribution in [2.45, 2.75) is 12.5 Å². The van der Waals surface area contributed by atoms with Crippen molar-refractivity contribution >= 4 is 5.91 Å². The van der Waals surface area contributed by atoms with Gasteiger partial charge in [0.2, 0.25) is 0 Å². The number of amides is 1. The molecule has 0 aliphatic rings. The lowest BCUT2D eigenvalue weighted by Crippen LogP contribution is -2.36. The van der Waals surface area contributed by atoms with Gasteiger partial charge in [-0.3, -0.25) is 9.59 Å². The largest absolute Gasteiger partial charge is 0.463 e. The van der Waals surface area contributed by atoms with Crippen LogP contribution >= 0.6 is 0 Å². The summed E-state index contributed by atoms with van der Waals surface area (Å²) in [5.41, 5.74) is 0.951. The third kappa shape index (κ3) is 4.24. The molecule has 6 nitrogen and oxygen atoms in total. The van der Waals surface area contributed by atoms with Crippen molar-refractivity contribution in [3.05, 3.63) is 82.3 Å². The van der Waals surface area contributed by atoms with E-state index in [1.54, 1.807) is 18.2 Å². The van der Waals surface area contributed by atoms with E-state index < -0.39 is 17.6 Å². The highest BCUT2D eigenvalue weighted by Gasteiger charge is 2.14. The molecule has 1 atom stereocenters. The Morgan fingerprint density at radius 1 is 1.12 bits per heavy atom. The van der Waals surface area contributed by atoms with Gasteiger partial charge in [-0.05, 0) is 29.8 Å². The summed E-state index contributed by atoms with van der Waals surface area (Å²) < 4.78 is 5.21. The van der Waals surface area contributed by atoms with E-state index in [9.17, 15) is 14.7 Å². The molecule has 1 aromatic carbocycles. The van der Waals surface area contributed by atoms with Crippen molar-refractivity contribution in [1.82, 2.24) is 10.3 Å². The molecule has 0 spiro atoms. The number of aromatic nitrogens is 1. The van der Waals surface area contributed by atoms with E-state index in [-0.39, 0.29) is 12.1 Å². The van der Waals surface area contributed by atoms with E-state index in [1.807, 2.05) is 30.3 Å². The predicted octanol–water partition coefficient (Wildman–Crippen LogP) is 1.97. The van der Waals surface area contributed by atoms with Gasteiger partial charge in [0, 0.05) is 13.0 Å². The highest BCUT2D eigenvalue weighted by molar-refractivity contribution is 5.94. The van der Waals surface area contributed by atoms with Crippen LogP contribution < -0.4 is 10.9 Å². The number of hydrogen-bond donors (Lipinski definition) is 3. The van der Waals surface area contributed by atoms with Crippen molar-refractivity contribution in [3.8, 4) is 11.5 Å². The zero-order valence-corrected chi connectivity index (χ0v) is 13.4. The van der Waals surface area contributed by atoms with Crippen LogP contribution in [0.4, 0.5) is 0 Å². The molecule has 128 valence electrons. The van der Waals surface area contributed by atoms with Crippen LogP contribution in [-0.2, 0) is 6.42 Å². The number of aromatic amines is 1. The van der Waals surface area contributed by atoms with Crippen LogP contribution in [0.5, 0.6) is 0 Å². The molecule has 3 aromatic rings. The number of carbonyl (C=O) groups is 1. The summed E-state index contributed by atoms with van der Waals surface area (Å²) in [6, 6.07) is 16.0. The second kappa shape index (κ2) is 7.63. The number of benzene rings is 1. The van der Waals surface area contributed by atoms with Gasteiger partial charge >= 0.3 is 0 Å². The summed E-state index contributed by atoms with van der Waals surface area (Å²) in [6.07, 6.45) is 1.20. The Morgan fingerprint density at radius 2 is 1.92 bits per heavy atom. The normalized spacial score (nSPS) is 11.9. The second-order valence-electron chi connectivity index (χ2n) is 5.65. The summed E-state index contributed by atoms with van der Waals surface area (Å²) >= 11 is 0. The first-order chi connectivity index (χ1) is 12.1. The molecular formula is C19H18N2O4. The molecule has 0 aliphatic carbocycles. The minimum absolute atomic E-state index is 0.0118. The first-order valence-corrected chi connectivity index (χ1v) is 7.91. The van der Waals surface area contributed by atoms with Crippen LogP contribution in [-0.4, -0.2) is 28.6 Å². The lowest BCUT2D eigenvalue weighted by molar-refractivity contribution is 0.0914. The number of pyridine rings is 1. The Balaban J connectivity index is 1.60. The first-order valence-electron chi connectivity index (χ1n) is 7.91. The lowest BCUT2D eigenvalue weighted by atomic mass is 10.1. The van der Waals surface area contributed by atoms with Crippen molar-refractivity contribution in [1.29, 1.82) is 0 Å². The van der Waals surface area contributed by atoms with E-state index in [2.05, 4.69) is 10.3 Å². The fourth-order valence-corrected chi connectivity index (χ4v) is 2.49.